The van der Waals surface area contributed by atoms with Gasteiger partial charge < -0.3 is 10.2 Å². The van der Waals surface area contributed by atoms with Crippen LogP contribution in [0, 0.1) is 0 Å². The van der Waals surface area contributed by atoms with Crippen molar-refractivity contribution in [3.8, 4) is 0 Å². The number of likely N-dealkylation sites (tertiary alicyclic amines) is 1. The van der Waals surface area contributed by atoms with Crippen LogP contribution in [-0.4, -0.2) is 50.6 Å². The van der Waals surface area contributed by atoms with Crippen molar-refractivity contribution in [3.63, 3.8) is 0 Å². The lowest BCUT2D eigenvalue weighted by Crippen LogP contribution is -2.35. The first-order chi connectivity index (χ1) is 10.1. The van der Waals surface area contributed by atoms with Gasteiger partial charge in [-0.25, -0.2) is 0 Å². The molecule has 21 heavy (non-hydrogen) atoms. The highest BCUT2D eigenvalue weighted by atomic mass is 32.2. The van der Waals surface area contributed by atoms with E-state index in [-0.39, 0.29) is 23.1 Å². The van der Waals surface area contributed by atoms with E-state index in [1.54, 1.807) is 17.8 Å². The largest absolute Gasteiger partial charge is 0.340 e. The third kappa shape index (κ3) is 3.23. The van der Waals surface area contributed by atoms with Crippen LogP contribution in [0.2, 0.25) is 0 Å². The van der Waals surface area contributed by atoms with Gasteiger partial charge in [0.1, 0.15) is 0 Å². The topological polar surface area (TPSA) is 67.2 Å². The fourth-order valence-electron chi connectivity index (χ4n) is 2.92. The van der Waals surface area contributed by atoms with Gasteiger partial charge in [0.2, 0.25) is 11.8 Å². The first-order valence-corrected chi connectivity index (χ1v) is 8.41. The molecule has 2 fully saturated rings. The van der Waals surface area contributed by atoms with Crippen molar-refractivity contribution in [2.24, 2.45) is 0 Å². The van der Waals surface area contributed by atoms with Crippen molar-refractivity contribution in [1.82, 2.24) is 14.7 Å². The van der Waals surface area contributed by atoms with Crippen molar-refractivity contribution in [3.05, 3.63) is 12.3 Å². The van der Waals surface area contributed by atoms with Gasteiger partial charge in [-0.3, -0.25) is 14.3 Å². The number of thioether (sulfide) groups is 1. The summed E-state index contributed by atoms with van der Waals surface area (Å²) in [6, 6.07) is 2.00. The van der Waals surface area contributed by atoms with Crippen LogP contribution in [0.25, 0.3) is 0 Å². The summed E-state index contributed by atoms with van der Waals surface area (Å²) in [7, 11) is 0. The molecule has 2 amide bonds. The zero-order chi connectivity index (χ0) is 14.8. The number of amides is 2. The number of carbonyl (C=O) groups is 2. The smallest absolute Gasteiger partial charge is 0.235 e. The zero-order valence-corrected chi connectivity index (χ0v) is 12.9. The van der Waals surface area contributed by atoms with Crippen molar-refractivity contribution in [2.45, 2.75) is 37.5 Å². The zero-order valence-electron chi connectivity index (χ0n) is 12.1. The van der Waals surface area contributed by atoms with Gasteiger partial charge in [0, 0.05) is 32.3 Å². The lowest BCUT2D eigenvalue weighted by atomic mass is 10.2. The molecule has 0 unspecified atom stereocenters. The average molecular weight is 308 g/mol. The summed E-state index contributed by atoms with van der Waals surface area (Å²) in [6.45, 7) is 2.99. The van der Waals surface area contributed by atoms with Gasteiger partial charge in [-0.2, -0.15) is 5.10 Å². The minimum absolute atomic E-state index is 0.123. The summed E-state index contributed by atoms with van der Waals surface area (Å²) in [6.07, 6.45) is 4.95. The number of aromatic nitrogens is 2. The maximum Gasteiger partial charge on any atom is 0.235 e. The lowest BCUT2D eigenvalue weighted by molar-refractivity contribution is -0.129. The molecule has 0 aliphatic carbocycles. The van der Waals surface area contributed by atoms with E-state index in [0.29, 0.717) is 5.82 Å². The highest BCUT2D eigenvalue weighted by Gasteiger charge is 2.33. The van der Waals surface area contributed by atoms with Gasteiger partial charge in [-0.1, -0.05) is 0 Å². The van der Waals surface area contributed by atoms with Crippen molar-refractivity contribution < 1.29 is 9.59 Å². The van der Waals surface area contributed by atoms with Crippen LogP contribution in [0.5, 0.6) is 0 Å². The Balaban J connectivity index is 1.59. The molecule has 3 heterocycles. The van der Waals surface area contributed by atoms with Gasteiger partial charge in [-0.15, -0.1) is 11.8 Å². The minimum atomic E-state index is -0.123. The van der Waals surface area contributed by atoms with E-state index in [9.17, 15) is 9.59 Å². The third-order valence-corrected chi connectivity index (χ3v) is 5.33. The van der Waals surface area contributed by atoms with Crippen molar-refractivity contribution in [1.29, 1.82) is 0 Å². The van der Waals surface area contributed by atoms with E-state index in [2.05, 4.69) is 10.4 Å². The molecular weight excluding hydrogens is 288 g/mol. The summed E-state index contributed by atoms with van der Waals surface area (Å²) in [4.78, 5) is 25.4. The molecule has 0 bridgehead atoms. The summed E-state index contributed by atoms with van der Waals surface area (Å²) < 4.78 is 1.86. The van der Waals surface area contributed by atoms with E-state index < -0.39 is 0 Å². The van der Waals surface area contributed by atoms with Crippen LogP contribution in [0.4, 0.5) is 5.82 Å². The molecule has 1 N–H and O–H groups in total. The second-order valence-electron chi connectivity index (χ2n) is 5.59. The molecule has 0 aromatic carbocycles. The van der Waals surface area contributed by atoms with Crippen molar-refractivity contribution >= 4 is 29.4 Å². The molecule has 0 radical (unpaired) electrons. The normalized spacial score (nSPS) is 25.3. The van der Waals surface area contributed by atoms with Crippen molar-refractivity contribution in [2.75, 3.05) is 24.2 Å². The van der Waals surface area contributed by atoms with Crippen LogP contribution in [-0.2, 0) is 9.59 Å². The summed E-state index contributed by atoms with van der Waals surface area (Å²) >= 11 is 1.78. The SMILES string of the molecule is CC(=O)Nc1ccn([C@H]2CCN(C(=O)[C@H]3CCCS3)C2)n1. The molecular formula is C14H20N4O2S. The Hall–Kier alpha value is -1.50. The molecule has 3 rings (SSSR count). The number of nitrogens with zero attached hydrogens (tertiary/aromatic N) is 3. The molecule has 6 nitrogen and oxygen atoms in total. The Labute approximate surface area is 128 Å². The Morgan fingerprint density at radius 1 is 1.43 bits per heavy atom. The van der Waals surface area contributed by atoms with Gasteiger partial charge in [0.05, 0.1) is 11.3 Å². The van der Waals surface area contributed by atoms with Gasteiger partial charge in [0.15, 0.2) is 5.82 Å². The van der Waals surface area contributed by atoms with Gasteiger partial charge >= 0.3 is 0 Å². The molecule has 0 saturated carbocycles. The number of carbonyl (C=O) groups excluding carboxylic acids is 2. The van der Waals surface area contributed by atoms with Crippen LogP contribution in [0.3, 0.4) is 0 Å². The molecule has 2 aliphatic heterocycles. The van der Waals surface area contributed by atoms with E-state index >= 15 is 0 Å². The van der Waals surface area contributed by atoms with Gasteiger partial charge in [-0.05, 0) is 25.0 Å². The maximum atomic E-state index is 12.4. The summed E-state index contributed by atoms with van der Waals surface area (Å²) in [5.41, 5.74) is 0. The standard InChI is InChI=1S/C14H20N4O2S/c1-10(19)15-13-5-7-18(16-13)11-4-6-17(9-11)14(20)12-3-2-8-21-12/h5,7,11-12H,2-4,6,8-9H2,1H3,(H,15,16,19)/t11-,12+/m0/s1. The van der Waals surface area contributed by atoms with E-state index in [4.69, 9.17) is 0 Å². The molecule has 2 saturated heterocycles. The maximum absolute atomic E-state index is 12.4. The van der Waals surface area contributed by atoms with Crippen LogP contribution < -0.4 is 5.32 Å². The minimum Gasteiger partial charge on any atom is -0.340 e. The fourth-order valence-corrected chi connectivity index (χ4v) is 4.17. The summed E-state index contributed by atoms with van der Waals surface area (Å²) in [5.74, 6) is 1.84. The number of anilines is 1. The first-order valence-electron chi connectivity index (χ1n) is 7.36. The van der Waals surface area contributed by atoms with Crippen LogP contribution in [0.1, 0.15) is 32.2 Å². The Bertz CT molecular complexity index is 539. The Kier molecular flexibility index (Phi) is 4.19. The third-order valence-electron chi connectivity index (χ3n) is 3.97. The second kappa shape index (κ2) is 6.09. The fraction of sp³-hybridized carbons (Fsp3) is 0.643. The number of nitrogens with one attached hydrogen (secondary N) is 1. The quantitative estimate of drug-likeness (QED) is 0.919. The van der Waals surface area contributed by atoms with Gasteiger partial charge in [0.25, 0.3) is 0 Å². The van der Waals surface area contributed by atoms with E-state index in [0.717, 1.165) is 38.1 Å². The molecule has 7 heteroatoms. The predicted octanol–water partition coefficient (Wildman–Crippen LogP) is 1.51. The molecule has 0 spiro atoms. The van der Waals surface area contributed by atoms with E-state index in [1.807, 2.05) is 15.8 Å². The highest BCUT2D eigenvalue weighted by Crippen LogP contribution is 2.30. The summed E-state index contributed by atoms with van der Waals surface area (Å²) in [5, 5.41) is 7.20. The molecule has 1 aromatic heterocycles. The van der Waals surface area contributed by atoms with E-state index in [1.165, 1.54) is 6.92 Å². The van der Waals surface area contributed by atoms with Crippen LogP contribution >= 0.6 is 11.8 Å². The predicted molar refractivity (Wildman–Crippen MR) is 82.2 cm³/mol. The monoisotopic (exact) mass is 308 g/mol. The Morgan fingerprint density at radius 2 is 2.29 bits per heavy atom. The molecule has 114 valence electrons. The first kappa shape index (κ1) is 14.4. The molecule has 2 atom stereocenters. The second-order valence-corrected chi connectivity index (χ2v) is 6.90. The molecule has 1 aromatic rings. The van der Waals surface area contributed by atoms with Crippen LogP contribution in [0.15, 0.2) is 12.3 Å². The average Bonchev–Trinajstić information content (AvgIpc) is 3.18. The lowest BCUT2D eigenvalue weighted by Gasteiger charge is -2.20. The number of hydrogen-bond acceptors (Lipinski definition) is 4. The highest BCUT2D eigenvalue weighted by molar-refractivity contribution is 8.00. The number of rotatable bonds is 3. The number of hydrogen-bond donors (Lipinski definition) is 1. The molecule has 2 aliphatic rings. The Morgan fingerprint density at radius 3 is 3.00 bits per heavy atom.